The maximum atomic E-state index is 13.7. The number of carbonyl (C=O) groups excluding carboxylic acids is 1. The van der Waals surface area contributed by atoms with Crippen molar-refractivity contribution in [3.05, 3.63) is 11.6 Å². The van der Waals surface area contributed by atoms with Crippen molar-refractivity contribution in [1.29, 1.82) is 0 Å². The van der Waals surface area contributed by atoms with Gasteiger partial charge in [0.2, 0.25) is 0 Å². The molecule has 0 aromatic carbocycles. The molecule has 5 aliphatic carbocycles. The minimum atomic E-state index is -0.678. The number of ketones is 1. The Morgan fingerprint density at radius 1 is 0.968 bits per heavy atom. The molecule has 0 spiro atoms. The molecule has 0 aliphatic heterocycles. The van der Waals surface area contributed by atoms with E-state index in [1.165, 1.54) is 12.0 Å². The van der Waals surface area contributed by atoms with Crippen LogP contribution in [-0.2, 0) is 9.59 Å². The van der Waals surface area contributed by atoms with Gasteiger partial charge >= 0.3 is 5.97 Å². The smallest absolute Gasteiger partial charge is 0.309 e. The summed E-state index contributed by atoms with van der Waals surface area (Å²) in [5.41, 5.74) is 0.544. The molecule has 4 saturated carbocycles. The molecule has 4 fully saturated rings. The standard InChI is InChI=1S/C27H40O4/c1-25(2)18-6-7-19-23(16(18)5-8-22(25)29)21(28)13-20-17-14-26(3,24(30)31)11-9-15(17)10-12-27(19,20)4/h13,15-19,22-23,29H,5-12,14H2,1-4H3,(H,30,31)/t15?,16?,17?,18?,19?,22?,23?,26-,27?/m0/s1. The molecule has 0 amide bonds. The van der Waals surface area contributed by atoms with Gasteiger partial charge in [0, 0.05) is 5.92 Å². The van der Waals surface area contributed by atoms with Crippen LogP contribution >= 0.6 is 0 Å². The van der Waals surface area contributed by atoms with Crippen molar-refractivity contribution in [3.63, 3.8) is 0 Å². The van der Waals surface area contributed by atoms with Crippen molar-refractivity contribution in [2.45, 2.75) is 91.6 Å². The Labute approximate surface area is 186 Å². The van der Waals surface area contributed by atoms with Crippen molar-refractivity contribution in [2.75, 3.05) is 0 Å². The third-order valence-corrected chi connectivity index (χ3v) is 11.1. The highest BCUT2D eigenvalue weighted by Gasteiger charge is 2.60. The molecular weight excluding hydrogens is 388 g/mol. The lowest BCUT2D eigenvalue weighted by atomic mass is 9.43. The normalized spacial score (nSPS) is 50.9. The average molecular weight is 429 g/mol. The maximum absolute atomic E-state index is 13.7. The number of aliphatic hydroxyl groups is 1. The molecule has 9 atom stereocenters. The molecule has 31 heavy (non-hydrogen) atoms. The number of aliphatic hydroxyl groups excluding tert-OH is 1. The largest absolute Gasteiger partial charge is 0.481 e. The Hall–Kier alpha value is -1.16. The summed E-state index contributed by atoms with van der Waals surface area (Å²) in [5.74, 6) is 1.69. The number of hydrogen-bond acceptors (Lipinski definition) is 3. The number of hydrogen-bond donors (Lipinski definition) is 2. The van der Waals surface area contributed by atoms with Crippen LogP contribution in [0.1, 0.15) is 85.5 Å². The van der Waals surface area contributed by atoms with E-state index in [0.29, 0.717) is 35.9 Å². The summed E-state index contributed by atoms with van der Waals surface area (Å²) < 4.78 is 0. The quantitative estimate of drug-likeness (QED) is 0.599. The molecule has 0 aromatic rings. The van der Waals surface area contributed by atoms with Gasteiger partial charge in [-0.2, -0.15) is 0 Å². The number of allylic oxidation sites excluding steroid dienone is 2. The highest BCUT2D eigenvalue weighted by Crippen LogP contribution is 2.65. The Balaban J connectivity index is 1.51. The van der Waals surface area contributed by atoms with E-state index in [2.05, 4.69) is 20.8 Å². The summed E-state index contributed by atoms with van der Waals surface area (Å²) >= 11 is 0. The average Bonchev–Trinajstić information content (AvgIpc) is 2.71. The predicted molar refractivity (Wildman–Crippen MR) is 119 cm³/mol. The van der Waals surface area contributed by atoms with Gasteiger partial charge in [-0.05, 0) is 111 Å². The van der Waals surface area contributed by atoms with E-state index < -0.39 is 11.4 Å². The summed E-state index contributed by atoms with van der Waals surface area (Å²) in [6, 6.07) is 0. The second kappa shape index (κ2) is 6.92. The van der Waals surface area contributed by atoms with Gasteiger partial charge in [-0.15, -0.1) is 0 Å². The molecule has 8 unspecified atom stereocenters. The molecule has 5 aliphatic rings. The van der Waals surface area contributed by atoms with Crippen LogP contribution in [0.5, 0.6) is 0 Å². The summed E-state index contributed by atoms with van der Waals surface area (Å²) in [4.78, 5) is 25.7. The molecule has 4 nitrogen and oxygen atoms in total. The van der Waals surface area contributed by atoms with E-state index in [9.17, 15) is 19.8 Å². The summed E-state index contributed by atoms with van der Waals surface area (Å²) in [6.07, 6.45) is 10.4. The van der Waals surface area contributed by atoms with Gasteiger partial charge in [-0.3, -0.25) is 9.59 Å². The van der Waals surface area contributed by atoms with Crippen LogP contribution in [0.3, 0.4) is 0 Å². The topological polar surface area (TPSA) is 74.6 Å². The van der Waals surface area contributed by atoms with Gasteiger partial charge in [-0.1, -0.05) is 26.3 Å². The fraction of sp³-hybridized carbons (Fsp3) is 0.852. The molecular formula is C27H40O4. The van der Waals surface area contributed by atoms with Crippen LogP contribution in [-0.4, -0.2) is 28.1 Å². The van der Waals surface area contributed by atoms with Crippen molar-refractivity contribution in [2.24, 2.45) is 51.8 Å². The first-order valence-electron chi connectivity index (χ1n) is 12.7. The van der Waals surface area contributed by atoms with Crippen LogP contribution in [0.15, 0.2) is 11.6 Å². The third kappa shape index (κ3) is 2.96. The number of rotatable bonds is 1. The van der Waals surface area contributed by atoms with Crippen molar-refractivity contribution >= 4 is 11.8 Å². The number of carbonyl (C=O) groups is 2. The molecule has 4 heteroatoms. The van der Waals surface area contributed by atoms with Gasteiger partial charge in [0.15, 0.2) is 5.78 Å². The van der Waals surface area contributed by atoms with Crippen molar-refractivity contribution in [1.82, 2.24) is 0 Å². The zero-order valence-electron chi connectivity index (χ0n) is 19.7. The fourth-order valence-corrected chi connectivity index (χ4v) is 9.04. The second-order valence-electron chi connectivity index (χ2n) is 12.8. The van der Waals surface area contributed by atoms with E-state index >= 15 is 0 Å². The lowest BCUT2D eigenvalue weighted by Gasteiger charge is -2.61. The third-order valence-electron chi connectivity index (χ3n) is 11.1. The fourth-order valence-electron chi connectivity index (χ4n) is 9.04. The van der Waals surface area contributed by atoms with Crippen LogP contribution in [0.4, 0.5) is 0 Å². The summed E-state index contributed by atoms with van der Waals surface area (Å²) in [7, 11) is 0. The first kappa shape index (κ1) is 21.7. The van der Waals surface area contributed by atoms with Crippen LogP contribution in [0.2, 0.25) is 0 Å². The van der Waals surface area contributed by atoms with Crippen LogP contribution < -0.4 is 0 Å². The van der Waals surface area contributed by atoms with E-state index in [4.69, 9.17) is 0 Å². The van der Waals surface area contributed by atoms with E-state index in [1.807, 2.05) is 13.0 Å². The van der Waals surface area contributed by atoms with Gasteiger partial charge in [0.25, 0.3) is 0 Å². The number of carboxylic acid groups (broad SMARTS) is 1. The Kier molecular flexibility index (Phi) is 4.84. The maximum Gasteiger partial charge on any atom is 0.309 e. The zero-order valence-corrected chi connectivity index (χ0v) is 19.7. The van der Waals surface area contributed by atoms with Gasteiger partial charge in [0.1, 0.15) is 0 Å². The van der Waals surface area contributed by atoms with Gasteiger partial charge < -0.3 is 10.2 Å². The highest BCUT2D eigenvalue weighted by molar-refractivity contribution is 5.94. The number of aliphatic carboxylic acids is 1. The minimum absolute atomic E-state index is 0.0294. The number of carboxylic acids is 1. The van der Waals surface area contributed by atoms with Gasteiger partial charge in [0.05, 0.1) is 11.5 Å². The first-order valence-corrected chi connectivity index (χ1v) is 12.7. The van der Waals surface area contributed by atoms with Gasteiger partial charge in [-0.25, -0.2) is 0 Å². The predicted octanol–water partition coefficient (Wildman–Crippen LogP) is 5.24. The van der Waals surface area contributed by atoms with Crippen LogP contribution in [0.25, 0.3) is 0 Å². The molecule has 2 N–H and O–H groups in total. The minimum Gasteiger partial charge on any atom is -0.481 e. The van der Waals surface area contributed by atoms with Crippen molar-refractivity contribution < 1.29 is 19.8 Å². The molecule has 0 aromatic heterocycles. The zero-order chi connectivity index (χ0) is 22.3. The molecule has 172 valence electrons. The lowest BCUT2D eigenvalue weighted by molar-refractivity contribution is -0.153. The SMILES string of the molecule is CC12CCC3CC[C@](C)(C(=O)O)CC3C1=CC(=O)C1C3CCC(O)C(C)(C)C3CCC12. The summed E-state index contributed by atoms with van der Waals surface area (Å²) in [6.45, 7) is 8.71. The summed E-state index contributed by atoms with van der Waals surface area (Å²) in [5, 5.41) is 20.5. The highest BCUT2D eigenvalue weighted by atomic mass is 16.4. The first-order chi connectivity index (χ1) is 14.5. The number of fused-ring (bicyclic) bond motifs is 7. The Bertz CT molecular complexity index is 827. The molecule has 0 saturated heterocycles. The molecule has 0 radical (unpaired) electrons. The van der Waals surface area contributed by atoms with E-state index in [0.717, 1.165) is 44.9 Å². The molecule has 0 heterocycles. The van der Waals surface area contributed by atoms with E-state index in [1.54, 1.807) is 0 Å². The Morgan fingerprint density at radius 3 is 2.35 bits per heavy atom. The van der Waals surface area contributed by atoms with E-state index in [-0.39, 0.29) is 28.8 Å². The van der Waals surface area contributed by atoms with Crippen LogP contribution in [0, 0.1) is 51.8 Å². The second-order valence-corrected chi connectivity index (χ2v) is 12.8. The monoisotopic (exact) mass is 428 g/mol. The molecule has 0 bridgehead atoms. The molecule has 5 rings (SSSR count). The Morgan fingerprint density at radius 2 is 1.65 bits per heavy atom. The lowest BCUT2D eigenvalue weighted by Crippen LogP contribution is -2.57. The van der Waals surface area contributed by atoms with Crippen molar-refractivity contribution in [3.8, 4) is 0 Å².